The van der Waals surface area contributed by atoms with Gasteiger partial charge in [-0.05, 0) is 51.3 Å². The second-order valence-corrected chi connectivity index (χ2v) is 7.06. The number of hydrogen-bond donors (Lipinski definition) is 1. The van der Waals surface area contributed by atoms with Gasteiger partial charge in [-0.2, -0.15) is 0 Å². The smallest absolute Gasteiger partial charge is 0.410 e. The van der Waals surface area contributed by atoms with Crippen molar-refractivity contribution in [1.82, 2.24) is 15.2 Å². The molecule has 3 rings (SSSR count). The maximum absolute atomic E-state index is 12.4. The minimum Gasteiger partial charge on any atom is -0.444 e. The van der Waals surface area contributed by atoms with Crippen molar-refractivity contribution in [3.63, 3.8) is 0 Å². The highest BCUT2D eigenvalue weighted by Gasteiger charge is 2.47. The molecule has 5 nitrogen and oxygen atoms in total. The van der Waals surface area contributed by atoms with Crippen LogP contribution in [0.25, 0.3) is 0 Å². The molecule has 1 aromatic heterocycles. The van der Waals surface area contributed by atoms with E-state index < -0.39 is 5.60 Å². The number of carbonyl (C=O) groups excluding carboxylic acids is 1. The van der Waals surface area contributed by atoms with Crippen molar-refractivity contribution in [1.29, 1.82) is 0 Å². The van der Waals surface area contributed by atoms with Crippen LogP contribution in [0.4, 0.5) is 4.79 Å². The van der Waals surface area contributed by atoms with Crippen LogP contribution in [-0.4, -0.2) is 40.7 Å². The van der Waals surface area contributed by atoms with E-state index in [1.165, 1.54) is 5.56 Å². The van der Waals surface area contributed by atoms with E-state index in [4.69, 9.17) is 4.74 Å². The molecule has 0 saturated carbocycles. The predicted octanol–water partition coefficient (Wildman–Crippen LogP) is 2.28. The summed E-state index contributed by atoms with van der Waals surface area (Å²) in [6.45, 7) is 7.09. The Morgan fingerprint density at radius 1 is 1.43 bits per heavy atom. The number of aromatic nitrogens is 1. The van der Waals surface area contributed by atoms with Crippen molar-refractivity contribution in [3.05, 3.63) is 30.1 Å². The zero-order valence-electron chi connectivity index (χ0n) is 12.9. The fourth-order valence-corrected chi connectivity index (χ4v) is 3.33. The van der Waals surface area contributed by atoms with E-state index in [0.717, 1.165) is 19.4 Å². The lowest BCUT2D eigenvalue weighted by atomic mass is 9.88. The van der Waals surface area contributed by atoms with Gasteiger partial charge in [-0.1, -0.05) is 0 Å². The van der Waals surface area contributed by atoms with E-state index in [0.29, 0.717) is 12.6 Å². The van der Waals surface area contributed by atoms with Crippen molar-refractivity contribution >= 4 is 6.09 Å². The molecule has 2 aliphatic rings. The van der Waals surface area contributed by atoms with Gasteiger partial charge in [0.25, 0.3) is 0 Å². The number of nitrogens with one attached hydrogen (secondary N) is 1. The highest BCUT2D eigenvalue weighted by molar-refractivity contribution is 5.68. The quantitative estimate of drug-likeness (QED) is 0.862. The number of rotatable bonds is 1. The van der Waals surface area contributed by atoms with Gasteiger partial charge in [0.2, 0.25) is 0 Å². The topological polar surface area (TPSA) is 54.5 Å². The molecule has 1 amide bonds. The van der Waals surface area contributed by atoms with Crippen molar-refractivity contribution in [2.45, 2.75) is 50.8 Å². The maximum Gasteiger partial charge on any atom is 0.410 e. The lowest BCUT2D eigenvalue weighted by molar-refractivity contribution is 0.0123. The third-order valence-electron chi connectivity index (χ3n) is 4.19. The van der Waals surface area contributed by atoms with Crippen LogP contribution in [0, 0.1) is 0 Å². The molecule has 2 unspecified atom stereocenters. The van der Waals surface area contributed by atoms with Gasteiger partial charge >= 0.3 is 6.09 Å². The zero-order chi connectivity index (χ0) is 15.1. The fourth-order valence-electron chi connectivity index (χ4n) is 3.33. The number of likely N-dealkylation sites (tertiary alicyclic amines) is 1. The second kappa shape index (κ2) is 4.98. The molecule has 2 bridgehead atoms. The number of piperazine rings is 1. The molecule has 114 valence electrons. The Hall–Kier alpha value is -1.62. The van der Waals surface area contributed by atoms with E-state index in [1.54, 1.807) is 0 Å². The van der Waals surface area contributed by atoms with Crippen molar-refractivity contribution in [2.24, 2.45) is 0 Å². The summed E-state index contributed by atoms with van der Waals surface area (Å²) in [6, 6.07) is 4.42. The Morgan fingerprint density at radius 3 is 2.81 bits per heavy atom. The molecule has 0 aromatic carbocycles. The average Bonchev–Trinajstić information content (AvgIpc) is 2.74. The van der Waals surface area contributed by atoms with Gasteiger partial charge in [0.05, 0.1) is 5.54 Å². The Kier molecular flexibility index (Phi) is 3.40. The first-order chi connectivity index (χ1) is 9.88. The van der Waals surface area contributed by atoms with Crippen molar-refractivity contribution in [3.8, 4) is 0 Å². The summed E-state index contributed by atoms with van der Waals surface area (Å²) >= 11 is 0. The number of pyridine rings is 1. The Balaban J connectivity index is 1.81. The van der Waals surface area contributed by atoms with Gasteiger partial charge in [-0.3, -0.25) is 4.98 Å². The molecule has 21 heavy (non-hydrogen) atoms. The van der Waals surface area contributed by atoms with Crippen LogP contribution in [0.15, 0.2) is 24.5 Å². The standard InChI is InChI=1S/C16H23N3O2/c1-15(2,3)21-14(20)19-10-13-4-7-16(11-19,18-13)12-5-8-17-9-6-12/h5-6,8-9,13,18H,4,7,10-11H2,1-3H3. The minimum absolute atomic E-state index is 0.150. The molecular weight excluding hydrogens is 266 g/mol. The molecule has 0 aliphatic carbocycles. The third-order valence-corrected chi connectivity index (χ3v) is 4.19. The van der Waals surface area contributed by atoms with Crippen LogP contribution in [0.2, 0.25) is 0 Å². The highest BCUT2D eigenvalue weighted by Crippen LogP contribution is 2.38. The Labute approximate surface area is 125 Å². The summed E-state index contributed by atoms with van der Waals surface area (Å²) in [5.41, 5.74) is 0.599. The summed E-state index contributed by atoms with van der Waals surface area (Å²) < 4.78 is 5.53. The number of fused-ring (bicyclic) bond motifs is 2. The van der Waals surface area contributed by atoms with Crippen LogP contribution in [-0.2, 0) is 10.3 Å². The van der Waals surface area contributed by atoms with Gasteiger partial charge in [0.15, 0.2) is 0 Å². The van der Waals surface area contributed by atoms with Gasteiger partial charge in [0.1, 0.15) is 5.60 Å². The van der Waals surface area contributed by atoms with Gasteiger partial charge in [-0.25, -0.2) is 4.79 Å². The second-order valence-electron chi connectivity index (χ2n) is 7.06. The monoisotopic (exact) mass is 289 g/mol. The summed E-state index contributed by atoms with van der Waals surface area (Å²) in [5.74, 6) is 0. The molecule has 3 heterocycles. The summed E-state index contributed by atoms with van der Waals surface area (Å²) in [7, 11) is 0. The molecule has 2 aliphatic heterocycles. The first kappa shape index (κ1) is 14.3. The molecule has 2 saturated heterocycles. The molecular formula is C16H23N3O2. The Morgan fingerprint density at radius 2 is 2.14 bits per heavy atom. The van der Waals surface area contributed by atoms with Gasteiger partial charge in [-0.15, -0.1) is 0 Å². The van der Waals surface area contributed by atoms with E-state index in [-0.39, 0.29) is 11.6 Å². The summed E-state index contributed by atoms with van der Waals surface area (Å²) in [5, 5.41) is 3.69. The normalized spacial score (nSPS) is 28.5. The van der Waals surface area contributed by atoms with Gasteiger partial charge < -0.3 is 15.0 Å². The molecule has 0 spiro atoms. The first-order valence-corrected chi connectivity index (χ1v) is 7.54. The van der Waals surface area contributed by atoms with Crippen molar-refractivity contribution < 1.29 is 9.53 Å². The van der Waals surface area contributed by atoms with Crippen LogP contribution in [0.3, 0.4) is 0 Å². The average molecular weight is 289 g/mol. The van der Waals surface area contributed by atoms with E-state index in [9.17, 15) is 4.79 Å². The summed E-state index contributed by atoms with van der Waals surface area (Å²) in [6.07, 6.45) is 5.54. The molecule has 0 radical (unpaired) electrons. The predicted molar refractivity (Wildman–Crippen MR) is 79.9 cm³/mol. The van der Waals surface area contributed by atoms with Gasteiger partial charge in [0, 0.05) is 31.5 Å². The maximum atomic E-state index is 12.4. The molecule has 1 aromatic rings. The highest BCUT2D eigenvalue weighted by atomic mass is 16.6. The molecule has 2 atom stereocenters. The first-order valence-electron chi connectivity index (χ1n) is 7.54. The number of carbonyl (C=O) groups is 1. The molecule has 5 heteroatoms. The largest absolute Gasteiger partial charge is 0.444 e. The fraction of sp³-hybridized carbons (Fsp3) is 0.625. The van der Waals surface area contributed by atoms with Crippen LogP contribution >= 0.6 is 0 Å². The van der Waals surface area contributed by atoms with Crippen molar-refractivity contribution in [2.75, 3.05) is 13.1 Å². The van der Waals surface area contributed by atoms with E-state index in [1.807, 2.05) is 50.2 Å². The molecule has 2 fully saturated rings. The van der Waals surface area contributed by atoms with Crippen LogP contribution in [0.1, 0.15) is 39.2 Å². The van der Waals surface area contributed by atoms with E-state index in [2.05, 4.69) is 10.3 Å². The number of ether oxygens (including phenoxy) is 1. The molecule has 1 N–H and O–H groups in total. The lowest BCUT2D eigenvalue weighted by Crippen LogP contribution is -2.59. The number of amides is 1. The third kappa shape index (κ3) is 2.88. The lowest BCUT2D eigenvalue weighted by Gasteiger charge is -2.41. The SMILES string of the molecule is CC(C)(C)OC(=O)N1CC2CCC(c3ccncc3)(C1)N2. The van der Waals surface area contributed by atoms with Crippen LogP contribution in [0.5, 0.6) is 0 Å². The minimum atomic E-state index is -0.454. The zero-order valence-corrected chi connectivity index (χ0v) is 12.9. The Bertz CT molecular complexity index is 526. The number of nitrogens with zero attached hydrogens (tertiary/aromatic N) is 2. The van der Waals surface area contributed by atoms with E-state index >= 15 is 0 Å². The summed E-state index contributed by atoms with van der Waals surface area (Å²) in [4.78, 5) is 18.3. The van der Waals surface area contributed by atoms with Crippen LogP contribution < -0.4 is 5.32 Å². The number of hydrogen-bond acceptors (Lipinski definition) is 4.